The SMILES string of the molecule is C=CNCCc1cccc(CPC)c1. The fourth-order valence-electron chi connectivity index (χ4n) is 1.42. The molecule has 0 amide bonds. The van der Waals surface area contributed by atoms with Crippen LogP contribution >= 0.6 is 8.58 Å². The molecule has 1 unspecified atom stereocenters. The van der Waals surface area contributed by atoms with Crippen LogP contribution in [0.15, 0.2) is 37.0 Å². The number of rotatable bonds is 6. The van der Waals surface area contributed by atoms with Crippen molar-refractivity contribution in [1.29, 1.82) is 0 Å². The van der Waals surface area contributed by atoms with Gasteiger partial charge in [-0.3, -0.25) is 0 Å². The highest BCUT2D eigenvalue weighted by Gasteiger charge is 1.94. The minimum atomic E-state index is 0.974. The van der Waals surface area contributed by atoms with E-state index in [1.54, 1.807) is 6.20 Å². The van der Waals surface area contributed by atoms with Crippen LogP contribution in [0.25, 0.3) is 0 Å². The number of hydrogen-bond acceptors (Lipinski definition) is 1. The summed E-state index contributed by atoms with van der Waals surface area (Å²) in [5.74, 6) is 0. The lowest BCUT2D eigenvalue weighted by atomic mass is 10.1. The van der Waals surface area contributed by atoms with Gasteiger partial charge in [0.25, 0.3) is 0 Å². The lowest BCUT2D eigenvalue weighted by Crippen LogP contribution is -2.08. The van der Waals surface area contributed by atoms with Gasteiger partial charge in [-0.1, -0.05) is 30.8 Å². The van der Waals surface area contributed by atoms with E-state index in [4.69, 9.17) is 0 Å². The van der Waals surface area contributed by atoms with Gasteiger partial charge in [0, 0.05) is 6.54 Å². The molecule has 0 aliphatic heterocycles. The first-order chi connectivity index (χ1) is 6.86. The molecule has 1 nitrogen and oxygen atoms in total. The number of nitrogens with one attached hydrogen (secondary N) is 1. The molecule has 1 rings (SSSR count). The minimum absolute atomic E-state index is 0.974. The molecule has 1 aromatic rings. The molecule has 0 spiro atoms. The third-order valence-electron chi connectivity index (χ3n) is 2.07. The van der Waals surface area contributed by atoms with Gasteiger partial charge in [0.1, 0.15) is 0 Å². The molecule has 0 radical (unpaired) electrons. The lowest BCUT2D eigenvalue weighted by Gasteiger charge is -2.04. The summed E-state index contributed by atoms with van der Waals surface area (Å²) < 4.78 is 0. The van der Waals surface area contributed by atoms with Gasteiger partial charge in [0.2, 0.25) is 0 Å². The lowest BCUT2D eigenvalue weighted by molar-refractivity contribution is 0.833. The summed E-state index contributed by atoms with van der Waals surface area (Å²) >= 11 is 0. The second-order valence-electron chi connectivity index (χ2n) is 3.26. The molecule has 0 aromatic heterocycles. The van der Waals surface area contributed by atoms with Crippen molar-refractivity contribution in [2.45, 2.75) is 12.6 Å². The number of hydrogen-bond donors (Lipinski definition) is 1. The fraction of sp³-hybridized carbons (Fsp3) is 0.333. The van der Waals surface area contributed by atoms with Crippen LogP contribution in [0, 0.1) is 0 Å². The van der Waals surface area contributed by atoms with Gasteiger partial charge >= 0.3 is 0 Å². The molecule has 0 bridgehead atoms. The number of benzene rings is 1. The molecule has 1 atom stereocenters. The van der Waals surface area contributed by atoms with Crippen LogP contribution in [0.4, 0.5) is 0 Å². The van der Waals surface area contributed by atoms with E-state index in [1.165, 1.54) is 17.3 Å². The van der Waals surface area contributed by atoms with Crippen LogP contribution in [0.1, 0.15) is 11.1 Å². The van der Waals surface area contributed by atoms with Crippen molar-refractivity contribution in [3.63, 3.8) is 0 Å². The smallest absolute Gasteiger partial charge is 0.0181 e. The van der Waals surface area contributed by atoms with Gasteiger partial charge in [0.15, 0.2) is 0 Å². The Morgan fingerprint density at radius 1 is 1.43 bits per heavy atom. The van der Waals surface area contributed by atoms with Crippen LogP contribution in [0.3, 0.4) is 0 Å². The van der Waals surface area contributed by atoms with E-state index in [0.717, 1.165) is 21.5 Å². The maximum Gasteiger partial charge on any atom is 0.0181 e. The standard InChI is InChI=1S/C12H18NP/c1-3-13-8-7-11-5-4-6-12(9-11)10-14-2/h3-6,9,13-14H,1,7-8,10H2,2H3. The van der Waals surface area contributed by atoms with Gasteiger partial charge in [-0.15, -0.1) is 8.58 Å². The normalized spacial score (nSPS) is 10.6. The van der Waals surface area contributed by atoms with Crippen molar-refractivity contribution in [3.05, 3.63) is 48.2 Å². The van der Waals surface area contributed by atoms with Gasteiger partial charge < -0.3 is 5.32 Å². The maximum absolute atomic E-state index is 3.63. The monoisotopic (exact) mass is 207 g/mol. The zero-order valence-corrected chi connectivity index (χ0v) is 9.72. The quantitative estimate of drug-likeness (QED) is 0.558. The zero-order valence-electron chi connectivity index (χ0n) is 8.72. The van der Waals surface area contributed by atoms with Crippen molar-refractivity contribution in [2.24, 2.45) is 0 Å². The third-order valence-corrected chi connectivity index (χ3v) is 2.84. The van der Waals surface area contributed by atoms with Gasteiger partial charge in [0.05, 0.1) is 0 Å². The Balaban J connectivity index is 2.50. The van der Waals surface area contributed by atoms with E-state index >= 15 is 0 Å². The summed E-state index contributed by atoms with van der Waals surface area (Å²) in [6.45, 7) is 6.84. The van der Waals surface area contributed by atoms with Crippen molar-refractivity contribution >= 4 is 8.58 Å². The van der Waals surface area contributed by atoms with Crippen LogP contribution < -0.4 is 5.32 Å². The van der Waals surface area contributed by atoms with E-state index in [1.807, 2.05) is 0 Å². The summed E-state index contributed by atoms with van der Waals surface area (Å²) in [6, 6.07) is 8.86. The molecule has 0 saturated carbocycles. The van der Waals surface area contributed by atoms with Crippen LogP contribution in [-0.4, -0.2) is 13.2 Å². The van der Waals surface area contributed by atoms with Crippen LogP contribution in [0.2, 0.25) is 0 Å². The van der Waals surface area contributed by atoms with Gasteiger partial charge in [-0.05, 0) is 36.6 Å². The highest BCUT2D eigenvalue weighted by molar-refractivity contribution is 7.36. The van der Waals surface area contributed by atoms with Crippen molar-refractivity contribution in [2.75, 3.05) is 13.2 Å². The summed E-state index contributed by atoms with van der Waals surface area (Å²) in [4.78, 5) is 0. The Bertz CT molecular complexity index is 283. The van der Waals surface area contributed by atoms with E-state index in [-0.39, 0.29) is 0 Å². The summed E-state index contributed by atoms with van der Waals surface area (Å²) in [7, 11) is 1.00. The van der Waals surface area contributed by atoms with E-state index in [0.29, 0.717) is 0 Å². The van der Waals surface area contributed by atoms with E-state index < -0.39 is 0 Å². The Morgan fingerprint density at radius 3 is 2.93 bits per heavy atom. The molecular weight excluding hydrogens is 189 g/mol. The molecule has 0 fully saturated rings. The molecule has 1 aromatic carbocycles. The molecule has 2 heteroatoms. The van der Waals surface area contributed by atoms with Crippen molar-refractivity contribution in [3.8, 4) is 0 Å². The predicted octanol–water partition coefficient (Wildman–Crippen LogP) is 2.77. The molecule has 14 heavy (non-hydrogen) atoms. The highest BCUT2D eigenvalue weighted by atomic mass is 31.1. The Kier molecular flexibility index (Phi) is 5.32. The van der Waals surface area contributed by atoms with E-state index in [2.05, 4.69) is 42.8 Å². The topological polar surface area (TPSA) is 12.0 Å². The van der Waals surface area contributed by atoms with Gasteiger partial charge in [-0.25, -0.2) is 0 Å². The fourth-order valence-corrected chi connectivity index (χ4v) is 2.05. The zero-order chi connectivity index (χ0) is 10.2. The molecule has 76 valence electrons. The summed E-state index contributed by atoms with van der Waals surface area (Å²) in [5.41, 5.74) is 2.87. The average Bonchev–Trinajstić information content (AvgIpc) is 2.19. The first-order valence-electron chi connectivity index (χ1n) is 4.93. The van der Waals surface area contributed by atoms with Crippen LogP contribution in [0.5, 0.6) is 0 Å². The van der Waals surface area contributed by atoms with Gasteiger partial charge in [-0.2, -0.15) is 0 Å². The first kappa shape index (κ1) is 11.3. The van der Waals surface area contributed by atoms with E-state index in [9.17, 15) is 0 Å². The highest BCUT2D eigenvalue weighted by Crippen LogP contribution is 2.15. The molecule has 0 aliphatic rings. The Hall–Kier alpha value is -0.810. The predicted molar refractivity (Wildman–Crippen MR) is 66.3 cm³/mol. The first-order valence-corrected chi connectivity index (χ1v) is 6.64. The third kappa shape index (κ3) is 3.93. The second-order valence-corrected chi connectivity index (χ2v) is 4.32. The largest absolute Gasteiger partial charge is 0.391 e. The van der Waals surface area contributed by atoms with Crippen molar-refractivity contribution in [1.82, 2.24) is 5.32 Å². The van der Waals surface area contributed by atoms with Crippen LogP contribution in [-0.2, 0) is 12.6 Å². The molecule has 0 aliphatic carbocycles. The molecule has 0 heterocycles. The Morgan fingerprint density at radius 2 is 2.21 bits per heavy atom. The average molecular weight is 207 g/mol. The summed E-state index contributed by atoms with van der Waals surface area (Å²) in [6.07, 6.45) is 4.03. The molecule has 0 saturated heterocycles. The van der Waals surface area contributed by atoms with Crippen molar-refractivity contribution < 1.29 is 0 Å². The molecular formula is C12H18NP. The molecule has 1 N–H and O–H groups in total. The second kappa shape index (κ2) is 6.62. The summed E-state index contributed by atoms with van der Waals surface area (Å²) in [5, 5.41) is 3.11. The minimum Gasteiger partial charge on any atom is -0.391 e. The maximum atomic E-state index is 3.63. The Labute approximate surface area is 88.4 Å².